The van der Waals surface area contributed by atoms with Crippen LogP contribution in [-0.2, 0) is 11.2 Å². The molecular formula is C22H23N3OS2. The minimum absolute atomic E-state index is 0.00297. The van der Waals surface area contributed by atoms with Crippen molar-refractivity contribution in [3.8, 4) is 11.3 Å². The number of carbonyl (C=O) groups is 1. The third kappa shape index (κ3) is 3.88. The summed E-state index contributed by atoms with van der Waals surface area (Å²) in [7, 11) is 0. The highest BCUT2D eigenvalue weighted by atomic mass is 32.1. The Morgan fingerprint density at radius 2 is 1.93 bits per heavy atom. The van der Waals surface area contributed by atoms with Crippen LogP contribution < -0.4 is 5.32 Å². The van der Waals surface area contributed by atoms with E-state index in [1.807, 2.05) is 52.4 Å². The maximum atomic E-state index is 12.8. The number of nitrogens with zero attached hydrogens (tertiary/aromatic N) is 2. The van der Waals surface area contributed by atoms with E-state index in [4.69, 9.17) is 4.98 Å². The fourth-order valence-electron chi connectivity index (χ4n) is 3.25. The number of fused-ring (bicyclic) bond motifs is 1. The van der Waals surface area contributed by atoms with Gasteiger partial charge in [-0.05, 0) is 16.9 Å². The summed E-state index contributed by atoms with van der Waals surface area (Å²) in [6.07, 6.45) is 2.35. The van der Waals surface area contributed by atoms with Crippen LogP contribution in [0.25, 0.3) is 16.2 Å². The molecule has 4 rings (SSSR count). The largest absolute Gasteiger partial charge is 0.348 e. The second-order valence-electron chi connectivity index (χ2n) is 7.93. The molecule has 6 heteroatoms. The normalized spacial score (nSPS) is 13.0. The molecule has 0 spiro atoms. The van der Waals surface area contributed by atoms with Crippen molar-refractivity contribution in [2.75, 3.05) is 0 Å². The number of carbonyl (C=O) groups excluding carboxylic acids is 1. The lowest BCUT2D eigenvalue weighted by Gasteiger charge is -2.30. The number of benzene rings is 1. The smallest absolute Gasteiger partial charge is 0.226 e. The number of nitrogens with one attached hydrogen (secondary N) is 1. The van der Waals surface area contributed by atoms with Crippen LogP contribution in [0.2, 0.25) is 0 Å². The van der Waals surface area contributed by atoms with Crippen LogP contribution in [0.3, 0.4) is 0 Å². The van der Waals surface area contributed by atoms with Gasteiger partial charge < -0.3 is 5.32 Å². The third-order valence-corrected chi connectivity index (χ3v) is 6.52. The molecule has 0 aliphatic heterocycles. The van der Waals surface area contributed by atoms with Crippen molar-refractivity contribution in [1.82, 2.24) is 14.7 Å². The highest BCUT2D eigenvalue weighted by molar-refractivity contribution is 7.15. The molecule has 144 valence electrons. The summed E-state index contributed by atoms with van der Waals surface area (Å²) in [5.74, 6) is 0.0305. The molecule has 0 aliphatic carbocycles. The van der Waals surface area contributed by atoms with Gasteiger partial charge in [0, 0.05) is 27.7 Å². The van der Waals surface area contributed by atoms with E-state index in [0.717, 1.165) is 21.9 Å². The van der Waals surface area contributed by atoms with Crippen molar-refractivity contribution in [3.63, 3.8) is 0 Å². The molecule has 4 nitrogen and oxygen atoms in total. The molecule has 3 aromatic heterocycles. The Labute approximate surface area is 172 Å². The Hall–Kier alpha value is -2.44. The van der Waals surface area contributed by atoms with Gasteiger partial charge in [0.15, 0.2) is 4.96 Å². The van der Waals surface area contributed by atoms with Gasteiger partial charge in [0.2, 0.25) is 5.91 Å². The minimum Gasteiger partial charge on any atom is -0.348 e. The summed E-state index contributed by atoms with van der Waals surface area (Å²) in [4.78, 5) is 19.6. The summed E-state index contributed by atoms with van der Waals surface area (Å²) < 4.78 is 2.03. The second kappa shape index (κ2) is 7.53. The van der Waals surface area contributed by atoms with Crippen molar-refractivity contribution in [2.24, 2.45) is 5.41 Å². The fraction of sp³-hybridized carbons (Fsp3) is 0.273. The SMILES string of the molecule is CC(C)(C)C(NC(=O)Cc1csc2nc(-c3ccccc3)cn12)c1cccs1. The standard InChI is InChI=1S/C22H23N3OS2/c1-22(2,3)20(18-10-7-11-27-18)24-19(26)12-16-14-28-21-23-17(13-25(16)21)15-8-5-4-6-9-15/h4-11,13-14,20H,12H2,1-3H3,(H,24,26). The molecule has 3 heterocycles. The van der Waals surface area contributed by atoms with Crippen molar-refractivity contribution in [2.45, 2.75) is 33.2 Å². The van der Waals surface area contributed by atoms with Gasteiger partial charge in [0.05, 0.1) is 18.2 Å². The van der Waals surface area contributed by atoms with E-state index < -0.39 is 0 Å². The van der Waals surface area contributed by atoms with E-state index in [-0.39, 0.29) is 17.4 Å². The molecule has 0 saturated heterocycles. The van der Waals surface area contributed by atoms with Gasteiger partial charge in [-0.25, -0.2) is 4.98 Å². The highest BCUT2D eigenvalue weighted by Gasteiger charge is 2.28. The Bertz CT molecular complexity index is 1070. The van der Waals surface area contributed by atoms with E-state index in [0.29, 0.717) is 6.42 Å². The summed E-state index contributed by atoms with van der Waals surface area (Å²) in [6.45, 7) is 6.47. The number of hydrogen-bond donors (Lipinski definition) is 1. The van der Waals surface area contributed by atoms with E-state index in [9.17, 15) is 4.79 Å². The number of hydrogen-bond acceptors (Lipinski definition) is 4. The van der Waals surface area contributed by atoms with Crippen LogP contribution in [0.4, 0.5) is 0 Å². The van der Waals surface area contributed by atoms with Crippen LogP contribution in [-0.4, -0.2) is 15.3 Å². The van der Waals surface area contributed by atoms with Crippen molar-refractivity contribution < 1.29 is 4.79 Å². The molecule has 4 aromatic rings. The van der Waals surface area contributed by atoms with Gasteiger partial charge >= 0.3 is 0 Å². The third-order valence-electron chi connectivity index (χ3n) is 4.69. The first-order valence-corrected chi connectivity index (χ1v) is 11.0. The van der Waals surface area contributed by atoms with Crippen LogP contribution in [0.1, 0.15) is 37.4 Å². The number of rotatable bonds is 5. The highest BCUT2D eigenvalue weighted by Crippen LogP contribution is 2.35. The zero-order valence-electron chi connectivity index (χ0n) is 16.2. The number of imidazole rings is 1. The second-order valence-corrected chi connectivity index (χ2v) is 9.75. The first-order chi connectivity index (χ1) is 13.4. The van der Waals surface area contributed by atoms with Gasteiger partial charge in [0.25, 0.3) is 0 Å². The number of thiophene rings is 1. The van der Waals surface area contributed by atoms with E-state index in [1.165, 1.54) is 4.88 Å². The summed E-state index contributed by atoms with van der Waals surface area (Å²) >= 11 is 3.25. The first-order valence-electron chi connectivity index (χ1n) is 9.25. The molecule has 28 heavy (non-hydrogen) atoms. The molecular weight excluding hydrogens is 386 g/mol. The van der Waals surface area contributed by atoms with Crippen LogP contribution in [0.5, 0.6) is 0 Å². The topological polar surface area (TPSA) is 46.4 Å². The predicted molar refractivity (Wildman–Crippen MR) is 117 cm³/mol. The Balaban J connectivity index is 1.54. The summed E-state index contributed by atoms with van der Waals surface area (Å²) in [5, 5.41) is 7.32. The molecule has 0 fully saturated rings. The first kappa shape index (κ1) is 18.9. The number of amides is 1. The zero-order valence-corrected chi connectivity index (χ0v) is 17.8. The Kier molecular flexibility index (Phi) is 5.08. The Morgan fingerprint density at radius 3 is 2.61 bits per heavy atom. The number of thiazole rings is 1. The maximum absolute atomic E-state index is 12.8. The minimum atomic E-state index is -0.0556. The molecule has 1 amide bonds. The molecule has 1 aromatic carbocycles. The fourth-order valence-corrected chi connectivity index (χ4v) is 5.14. The van der Waals surface area contributed by atoms with Gasteiger partial charge in [-0.2, -0.15) is 0 Å². The van der Waals surface area contributed by atoms with Crippen LogP contribution in [0, 0.1) is 5.41 Å². The summed E-state index contributed by atoms with van der Waals surface area (Å²) in [5.41, 5.74) is 2.92. The van der Waals surface area contributed by atoms with Crippen LogP contribution >= 0.6 is 22.7 Å². The lowest BCUT2D eigenvalue weighted by Crippen LogP contribution is -2.37. The average molecular weight is 410 g/mol. The van der Waals surface area contributed by atoms with Crippen molar-refractivity contribution >= 4 is 33.5 Å². The molecule has 1 unspecified atom stereocenters. The summed E-state index contributed by atoms with van der Waals surface area (Å²) in [6, 6.07) is 14.2. The van der Waals surface area contributed by atoms with Gasteiger partial charge in [-0.3, -0.25) is 9.20 Å². The van der Waals surface area contributed by atoms with Gasteiger partial charge in [-0.15, -0.1) is 22.7 Å². The lowest BCUT2D eigenvalue weighted by molar-refractivity contribution is -0.122. The Morgan fingerprint density at radius 1 is 1.14 bits per heavy atom. The van der Waals surface area contributed by atoms with E-state index in [2.05, 4.69) is 37.5 Å². The number of aromatic nitrogens is 2. The van der Waals surface area contributed by atoms with Gasteiger partial charge in [-0.1, -0.05) is 57.2 Å². The molecule has 0 radical (unpaired) electrons. The van der Waals surface area contributed by atoms with Crippen LogP contribution in [0.15, 0.2) is 59.4 Å². The predicted octanol–water partition coefficient (Wildman–Crippen LogP) is 5.57. The van der Waals surface area contributed by atoms with E-state index >= 15 is 0 Å². The average Bonchev–Trinajstić information content (AvgIpc) is 3.38. The molecule has 0 saturated carbocycles. The molecule has 1 N–H and O–H groups in total. The quantitative estimate of drug-likeness (QED) is 0.468. The molecule has 0 aliphatic rings. The maximum Gasteiger partial charge on any atom is 0.226 e. The molecule has 0 bridgehead atoms. The van der Waals surface area contributed by atoms with Crippen molar-refractivity contribution in [1.29, 1.82) is 0 Å². The lowest BCUT2D eigenvalue weighted by atomic mass is 9.85. The van der Waals surface area contributed by atoms with E-state index in [1.54, 1.807) is 22.7 Å². The van der Waals surface area contributed by atoms with Gasteiger partial charge in [0.1, 0.15) is 0 Å². The zero-order chi connectivity index (χ0) is 19.7. The van der Waals surface area contributed by atoms with Crippen molar-refractivity contribution in [3.05, 3.63) is 70.0 Å². The monoisotopic (exact) mass is 409 g/mol. The molecule has 1 atom stereocenters.